The van der Waals surface area contributed by atoms with Crippen LogP contribution in [0.2, 0.25) is 0 Å². The number of aryl methyl sites for hydroxylation is 2. The first kappa shape index (κ1) is 8.80. The second-order valence-electron chi connectivity index (χ2n) is 3.24. The van der Waals surface area contributed by atoms with Gasteiger partial charge in [-0.2, -0.15) is 10.2 Å². The van der Waals surface area contributed by atoms with Crippen molar-refractivity contribution >= 4 is 5.69 Å². The minimum Gasteiger partial charge on any atom is -0.376 e. The molecule has 0 unspecified atom stereocenters. The van der Waals surface area contributed by atoms with Gasteiger partial charge in [-0.3, -0.25) is 10.2 Å². The lowest BCUT2D eigenvalue weighted by Gasteiger charge is -2.03. The highest BCUT2D eigenvalue weighted by atomic mass is 15.2. The fraction of sp³-hybridized carbons (Fsp3) is 0.333. The highest BCUT2D eigenvalue weighted by molar-refractivity contribution is 5.51. The Morgan fingerprint density at radius 1 is 1.36 bits per heavy atom. The summed E-state index contributed by atoms with van der Waals surface area (Å²) in [5, 5.41) is 17.1. The van der Waals surface area contributed by atoms with Gasteiger partial charge < -0.3 is 5.32 Å². The first-order valence-electron chi connectivity index (χ1n) is 4.51. The number of H-pyrrole nitrogens is 2. The molecule has 2 heterocycles. The molecule has 0 saturated carbocycles. The molecule has 0 spiro atoms. The number of aromatic nitrogens is 4. The van der Waals surface area contributed by atoms with Crippen LogP contribution in [0.25, 0.3) is 0 Å². The van der Waals surface area contributed by atoms with Crippen LogP contribution in [0.3, 0.4) is 0 Å². The Labute approximate surface area is 81.9 Å². The van der Waals surface area contributed by atoms with Crippen LogP contribution in [0.5, 0.6) is 0 Å². The lowest BCUT2D eigenvalue weighted by molar-refractivity contribution is 0.979. The SMILES string of the molecule is Cc1n[nH]c(C)c1NCc1ccn[nH]1. The van der Waals surface area contributed by atoms with Crippen molar-refractivity contribution in [1.82, 2.24) is 20.4 Å². The van der Waals surface area contributed by atoms with Crippen LogP contribution < -0.4 is 5.32 Å². The van der Waals surface area contributed by atoms with Crippen LogP contribution in [0.15, 0.2) is 12.3 Å². The van der Waals surface area contributed by atoms with Crippen molar-refractivity contribution in [2.45, 2.75) is 20.4 Å². The van der Waals surface area contributed by atoms with Gasteiger partial charge in [-0.25, -0.2) is 0 Å². The summed E-state index contributed by atoms with van der Waals surface area (Å²) in [4.78, 5) is 0. The molecule has 0 aromatic carbocycles. The smallest absolute Gasteiger partial charge is 0.0825 e. The van der Waals surface area contributed by atoms with E-state index in [2.05, 4.69) is 25.7 Å². The van der Waals surface area contributed by atoms with Crippen molar-refractivity contribution in [3.8, 4) is 0 Å². The first-order chi connectivity index (χ1) is 6.77. The van der Waals surface area contributed by atoms with Crippen LogP contribution in [0, 0.1) is 13.8 Å². The lowest BCUT2D eigenvalue weighted by atomic mass is 10.3. The molecule has 0 fully saturated rings. The van der Waals surface area contributed by atoms with Gasteiger partial charge in [0.1, 0.15) is 0 Å². The molecule has 0 saturated heterocycles. The number of rotatable bonds is 3. The van der Waals surface area contributed by atoms with Crippen LogP contribution in [-0.2, 0) is 6.54 Å². The van der Waals surface area contributed by atoms with E-state index in [-0.39, 0.29) is 0 Å². The van der Waals surface area contributed by atoms with Crippen LogP contribution in [0.1, 0.15) is 17.1 Å². The Hall–Kier alpha value is -1.78. The van der Waals surface area contributed by atoms with Crippen molar-refractivity contribution in [1.29, 1.82) is 0 Å². The van der Waals surface area contributed by atoms with Gasteiger partial charge in [0.05, 0.1) is 29.3 Å². The van der Waals surface area contributed by atoms with Gasteiger partial charge in [-0.05, 0) is 19.9 Å². The monoisotopic (exact) mass is 191 g/mol. The van der Waals surface area contributed by atoms with Gasteiger partial charge in [0.15, 0.2) is 0 Å². The third kappa shape index (κ3) is 1.61. The zero-order valence-electron chi connectivity index (χ0n) is 8.26. The Bertz CT molecular complexity index is 381. The third-order valence-electron chi connectivity index (χ3n) is 2.14. The van der Waals surface area contributed by atoms with Gasteiger partial charge >= 0.3 is 0 Å². The maximum absolute atomic E-state index is 4.10. The summed E-state index contributed by atoms with van der Waals surface area (Å²) in [5.74, 6) is 0. The second kappa shape index (κ2) is 3.53. The third-order valence-corrected chi connectivity index (χ3v) is 2.14. The normalized spacial score (nSPS) is 10.4. The maximum atomic E-state index is 4.10. The van der Waals surface area contributed by atoms with Crippen molar-refractivity contribution in [3.63, 3.8) is 0 Å². The Kier molecular flexibility index (Phi) is 2.22. The highest BCUT2D eigenvalue weighted by Crippen LogP contribution is 2.16. The summed E-state index contributed by atoms with van der Waals surface area (Å²) in [6.45, 7) is 4.70. The molecule has 0 amide bonds. The number of nitrogens with zero attached hydrogens (tertiary/aromatic N) is 2. The van der Waals surface area contributed by atoms with Gasteiger partial charge in [0, 0.05) is 6.20 Å². The van der Waals surface area contributed by atoms with Gasteiger partial charge in [0.25, 0.3) is 0 Å². The summed E-state index contributed by atoms with van der Waals surface area (Å²) in [7, 11) is 0. The molecule has 3 N–H and O–H groups in total. The molecule has 74 valence electrons. The lowest BCUT2D eigenvalue weighted by Crippen LogP contribution is -2.01. The van der Waals surface area contributed by atoms with E-state index in [1.165, 1.54) is 0 Å². The average molecular weight is 191 g/mol. The van der Waals surface area contributed by atoms with Gasteiger partial charge in [0.2, 0.25) is 0 Å². The highest BCUT2D eigenvalue weighted by Gasteiger charge is 2.05. The first-order valence-corrected chi connectivity index (χ1v) is 4.51. The molecule has 2 rings (SSSR count). The van der Waals surface area contributed by atoms with Crippen molar-refractivity contribution in [2.24, 2.45) is 0 Å². The molecule has 0 aliphatic rings. The molecule has 5 nitrogen and oxygen atoms in total. The molecule has 2 aromatic heterocycles. The number of anilines is 1. The maximum Gasteiger partial charge on any atom is 0.0825 e. The zero-order chi connectivity index (χ0) is 9.97. The standard InChI is InChI=1S/C9H13N5/c1-6-9(7(2)13-12-6)10-5-8-3-4-11-14-8/h3-4,10H,5H2,1-2H3,(H,11,14)(H,12,13). The van der Waals surface area contributed by atoms with E-state index in [1.807, 2.05) is 19.9 Å². The van der Waals surface area contributed by atoms with Gasteiger partial charge in [-0.1, -0.05) is 0 Å². The summed E-state index contributed by atoms with van der Waals surface area (Å²) >= 11 is 0. The molecule has 0 atom stereocenters. The van der Waals surface area contributed by atoms with Crippen molar-refractivity contribution in [2.75, 3.05) is 5.32 Å². The number of nitrogens with one attached hydrogen (secondary N) is 3. The Balaban J connectivity index is 2.05. The van der Waals surface area contributed by atoms with Gasteiger partial charge in [-0.15, -0.1) is 0 Å². The number of hydrogen-bond donors (Lipinski definition) is 3. The van der Waals surface area contributed by atoms with E-state index in [9.17, 15) is 0 Å². The van der Waals surface area contributed by atoms with E-state index in [0.717, 1.165) is 29.3 Å². The minimum atomic E-state index is 0.737. The Morgan fingerprint density at radius 3 is 2.79 bits per heavy atom. The second-order valence-corrected chi connectivity index (χ2v) is 3.24. The largest absolute Gasteiger partial charge is 0.376 e. The molecule has 2 aromatic rings. The average Bonchev–Trinajstić information content (AvgIpc) is 2.76. The zero-order valence-corrected chi connectivity index (χ0v) is 8.26. The van der Waals surface area contributed by atoms with Crippen LogP contribution in [0.4, 0.5) is 5.69 Å². The predicted molar refractivity (Wildman–Crippen MR) is 54.0 cm³/mol. The number of aromatic amines is 2. The summed E-state index contributed by atoms with van der Waals surface area (Å²) in [6, 6.07) is 1.94. The topological polar surface area (TPSA) is 69.4 Å². The van der Waals surface area contributed by atoms with Crippen molar-refractivity contribution in [3.05, 3.63) is 29.3 Å². The molecule has 0 aliphatic heterocycles. The molecular formula is C9H13N5. The predicted octanol–water partition coefficient (Wildman–Crippen LogP) is 1.36. The van der Waals surface area contributed by atoms with Crippen LogP contribution in [-0.4, -0.2) is 20.4 Å². The molecule has 0 radical (unpaired) electrons. The molecule has 5 heteroatoms. The molecule has 0 bridgehead atoms. The molecule has 14 heavy (non-hydrogen) atoms. The molecule has 0 aliphatic carbocycles. The van der Waals surface area contributed by atoms with Crippen molar-refractivity contribution < 1.29 is 0 Å². The summed E-state index contributed by atoms with van der Waals surface area (Å²) in [5.41, 5.74) is 4.17. The quantitative estimate of drug-likeness (QED) is 0.686. The summed E-state index contributed by atoms with van der Waals surface area (Å²) < 4.78 is 0. The Morgan fingerprint density at radius 2 is 2.21 bits per heavy atom. The van der Waals surface area contributed by atoms with E-state index in [4.69, 9.17) is 0 Å². The van der Waals surface area contributed by atoms with E-state index in [0.29, 0.717) is 0 Å². The fourth-order valence-electron chi connectivity index (χ4n) is 1.38. The minimum absolute atomic E-state index is 0.737. The fourth-order valence-corrected chi connectivity index (χ4v) is 1.38. The summed E-state index contributed by atoms with van der Waals surface area (Å²) in [6.07, 6.45) is 1.74. The van der Waals surface area contributed by atoms with Crippen LogP contribution >= 0.6 is 0 Å². The molecular weight excluding hydrogens is 178 g/mol. The van der Waals surface area contributed by atoms with E-state index < -0.39 is 0 Å². The van der Waals surface area contributed by atoms with E-state index in [1.54, 1.807) is 6.20 Å². The number of hydrogen-bond acceptors (Lipinski definition) is 3. The van der Waals surface area contributed by atoms with E-state index >= 15 is 0 Å².